The van der Waals surface area contributed by atoms with Gasteiger partial charge in [-0.3, -0.25) is 4.72 Å². The highest BCUT2D eigenvalue weighted by molar-refractivity contribution is 7.99. The zero-order valence-corrected chi connectivity index (χ0v) is 17.9. The van der Waals surface area contributed by atoms with Gasteiger partial charge in [-0.1, -0.05) is 42.1 Å². The minimum atomic E-state index is -3.79. The van der Waals surface area contributed by atoms with Gasteiger partial charge < -0.3 is 4.74 Å². The molecule has 29 heavy (non-hydrogen) atoms. The highest BCUT2D eigenvalue weighted by Crippen LogP contribution is 2.36. The SMILES string of the molecule is COc1cc2c(cc1S(=O)(=O)Nc1ccccc1Sc1ccccc1)CCCC2. The second kappa shape index (κ2) is 8.51. The van der Waals surface area contributed by atoms with Crippen molar-refractivity contribution in [3.63, 3.8) is 0 Å². The van der Waals surface area contributed by atoms with E-state index in [0.717, 1.165) is 41.0 Å². The number of aryl methyl sites for hydroxylation is 2. The number of ether oxygens (including phenoxy) is 1. The van der Waals surface area contributed by atoms with Crippen molar-refractivity contribution in [1.82, 2.24) is 0 Å². The second-order valence-electron chi connectivity index (χ2n) is 7.00. The average Bonchev–Trinajstić information content (AvgIpc) is 2.74. The van der Waals surface area contributed by atoms with Gasteiger partial charge in [0.25, 0.3) is 10.0 Å². The van der Waals surface area contributed by atoms with E-state index < -0.39 is 10.0 Å². The van der Waals surface area contributed by atoms with Crippen LogP contribution in [0.1, 0.15) is 24.0 Å². The third kappa shape index (κ3) is 4.43. The Labute approximate surface area is 176 Å². The Kier molecular flexibility index (Phi) is 5.83. The molecule has 3 aromatic carbocycles. The summed E-state index contributed by atoms with van der Waals surface area (Å²) in [6.07, 6.45) is 4.09. The predicted molar refractivity (Wildman–Crippen MR) is 117 cm³/mol. The van der Waals surface area contributed by atoms with Crippen molar-refractivity contribution in [1.29, 1.82) is 0 Å². The fraction of sp³-hybridized carbons (Fsp3) is 0.217. The van der Waals surface area contributed by atoms with Crippen LogP contribution in [0.2, 0.25) is 0 Å². The Morgan fingerprint density at radius 2 is 1.55 bits per heavy atom. The Morgan fingerprint density at radius 1 is 0.897 bits per heavy atom. The number of para-hydroxylation sites is 1. The molecule has 0 bridgehead atoms. The van der Waals surface area contributed by atoms with Crippen LogP contribution < -0.4 is 9.46 Å². The lowest BCUT2D eigenvalue weighted by Crippen LogP contribution is -2.16. The van der Waals surface area contributed by atoms with E-state index >= 15 is 0 Å². The fourth-order valence-electron chi connectivity index (χ4n) is 3.57. The largest absolute Gasteiger partial charge is 0.495 e. The van der Waals surface area contributed by atoms with E-state index in [4.69, 9.17) is 4.74 Å². The van der Waals surface area contributed by atoms with E-state index in [-0.39, 0.29) is 4.90 Å². The third-order valence-electron chi connectivity index (χ3n) is 5.02. The first kappa shape index (κ1) is 19.9. The third-order valence-corrected chi connectivity index (χ3v) is 7.49. The topological polar surface area (TPSA) is 55.4 Å². The van der Waals surface area contributed by atoms with E-state index in [9.17, 15) is 8.42 Å². The van der Waals surface area contributed by atoms with Crippen molar-refractivity contribution in [2.24, 2.45) is 0 Å². The van der Waals surface area contributed by atoms with Crippen LogP contribution in [0.4, 0.5) is 5.69 Å². The number of sulfonamides is 1. The van der Waals surface area contributed by atoms with Crippen molar-refractivity contribution < 1.29 is 13.2 Å². The van der Waals surface area contributed by atoms with Gasteiger partial charge in [0.05, 0.1) is 12.8 Å². The first-order valence-corrected chi connectivity index (χ1v) is 11.9. The maximum atomic E-state index is 13.3. The zero-order valence-electron chi connectivity index (χ0n) is 16.2. The summed E-state index contributed by atoms with van der Waals surface area (Å²) < 4.78 is 34.8. The molecule has 1 aliphatic rings. The number of rotatable bonds is 6. The molecule has 6 heteroatoms. The molecule has 0 saturated heterocycles. The van der Waals surface area contributed by atoms with Gasteiger partial charge >= 0.3 is 0 Å². The molecule has 0 amide bonds. The molecular formula is C23H23NO3S2. The van der Waals surface area contributed by atoms with E-state index in [2.05, 4.69) is 4.72 Å². The number of benzene rings is 3. The maximum absolute atomic E-state index is 13.3. The summed E-state index contributed by atoms with van der Waals surface area (Å²) in [6.45, 7) is 0. The molecular weight excluding hydrogens is 402 g/mol. The number of methoxy groups -OCH3 is 1. The quantitative estimate of drug-likeness (QED) is 0.564. The van der Waals surface area contributed by atoms with Crippen LogP contribution in [0.25, 0.3) is 0 Å². The molecule has 0 atom stereocenters. The maximum Gasteiger partial charge on any atom is 0.265 e. The highest BCUT2D eigenvalue weighted by atomic mass is 32.2. The number of nitrogens with one attached hydrogen (secondary N) is 1. The summed E-state index contributed by atoms with van der Waals surface area (Å²) in [7, 11) is -2.28. The average molecular weight is 426 g/mol. The van der Waals surface area contributed by atoms with Gasteiger partial charge in [-0.15, -0.1) is 0 Å². The first-order chi connectivity index (χ1) is 14.1. The van der Waals surface area contributed by atoms with Crippen LogP contribution in [-0.2, 0) is 22.9 Å². The summed E-state index contributed by atoms with van der Waals surface area (Å²) in [4.78, 5) is 2.09. The van der Waals surface area contributed by atoms with Gasteiger partial charge in [-0.2, -0.15) is 0 Å². The van der Waals surface area contributed by atoms with E-state index in [1.807, 2.05) is 54.6 Å². The lowest BCUT2D eigenvalue weighted by molar-refractivity contribution is 0.401. The zero-order chi connectivity index (χ0) is 20.3. The van der Waals surface area contributed by atoms with E-state index in [0.29, 0.717) is 11.4 Å². The van der Waals surface area contributed by atoms with Crippen LogP contribution in [0.3, 0.4) is 0 Å². The van der Waals surface area contributed by atoms with Gasteiger partial charge in [-0.25, -0.2) is 8.42 Å². The molecule has 0 heterocycles. The number of hydrogen-bond donors (Lipinski definition) is 1. The van der Waals surface area contributed by atoms with Crippen molar-refractivity contribution in [2.45, 2.75) is 40.4 Å². The number of fused-ring (bicyclic) bond motifs is 1. The molecule has 4 rings (SSSR count). The Balaban J connectivity index is 1.68. The van der Waals surface area contributed by atoms with Gasteiger partial charge in [-0.05, 0) is 73.2 Å². The second-order valence-corrected chi connectivity index (χ2v) is 9.76. The van der Waals surface area contributed by atoms with Crippen LogP contribution >= 0.6 is 11.8 Å². The summed E-state index contributed by atoms with van der Waals surface area (Å²) in [5.41, 5.74) is 2.84. The standard InChI is InChI=1S/C23H23NO3S2/c1-27-21-15-17-9-5-6-10-18(17)16-23(21)29(25,26)24-20-13-7-8-14-22(20)28-19-11-3-2-4-12-19/h2-4,7-8,11-16,24H,5-6,9-10H2,1H3. The normalized spacial score (nSPS) is 13.6. The Bertz CT molecular complexity index is 1110. The van der Waals surface area contributed by atoms with E-state index in [1.54, 1.807) is 12.1 Å². The van der Waals surface area contributed by atoms with E-state index in [1.165, 1.54) is 24.4 Å². The molecule has 150 valence electrons. The van der Waals surface area contributed by atoms with Gasteiger partial charge in [0.15, 0.2) is 0 Å². The van der Waals surface area contributed by atoms with Gasteiger partial charge in [0.1, 0.15) is 10.6 Å². The van der Waals surface area contributed by atoms with Crippen molar-refractivity contribution in [2.75, 3.05) is 11.8 Å². The summed E-state index contributed by atoms with van der Waals surface area (Å²) in [6, 6.07) is 21.0. The molecule has 4 nitrogen and oxygen atoms in total. The van der Waals surface area contributed by atoms with Crippen molar-refractivity contribution in [3.8, 4) is 5.75 Å². The van der Waals surface area contributed by atoms with Crippen LogP contribution in [-0.4, -0.2) is 15.5 Å². The predicted octanol–water partition coefficient (Wildman–Crippen LogP) is 5.53. The lowest BCUT2D eigenvalue weighted by atomic mass is 9.92. The fourth-order valence-corrected chi connectivity index (χ4v) is 5.83. The molecule has 0 saturated carbocycles. The molecule has 0 unspecified atom stereocenters. The summed E-state index contributed by atoms with van der Waals surface area (Å²) >= 11 is 1.52. The number of anilines is 1. The van der Waals surface area contributed by atoms with Gasteiger partial charge in [0.2, 0.25) is 0 Å². The molecule has 0 radical (unpaired) electrons. The minimum Gasteiger partial charge on any atom is -0.495 e. The molecule has 0 aromatic heterocycles. The van der Waals surface area contributed by atoms with Crippen molar-refractivity contribution in [3.05, 3.63) is 77.9 Å². The Hall–Kier alpha value is -2.44. The lowest BCUT2D eigenvalue weighted by Gasteiger charge is -2.20. The van der Waals surface area contributed by atoms with Crippen LogP contribution in [0.5, 0.6) is 5.75 Å². The van der Waals surface area contributed by atoms with Crippen molar-refractivity contribution >= 4 is 27.5 Å². The van der Waals surface area contributed by atoms with Gasteiger partial charge in [0, 0.05) is 9.79 Å². The Morgan fingerprint density at radius 3 is 2.28 bits per heavy atom. The molecule has 1 aliphatic carbocycles. The minimum absolute atomic E-state index is 0.195. The summed E-state index contributed by atoms with van der Waals surface area (Å²) in [5, 5.41) is 0. The van der Waals surface area contributed by atoms with Crippen LogP contribution in [0, 0.1) is 0 Å². The number of hydrogen-bond acceptors (Lipinski definition) is 4. The molecule has 3 aromatic rings. The highest BCUT2D eigenvalue weighted by Gasteiger charge is 2.24. The molecule has 0 aliphatic heterocycles. The monoisotopic (exact) mass is 425 g/mol. The smallest absolute Gasteiger partial charge is 0.265 e. The summed E-state index contributed by atoms with van der Waals surface area (Å²) in [5.74, 6) is 0.395. The first-order valence-electron chi connectivity index (χ1n) is 9.61. The molecule has 0 spiro atoms. The van der Waals surface area contributed by atoms with Crippen LogP contribution in [0.15, 0.2) is 81.4 Å². The molecule has 1 N–H and O–H groups in total. The molecule has 0 fully saturated rings.